The van der Waals surface area contributed by atoms with Crippen LogP contribution in [0.2, 0.25) is 0 Å². The highest BCUT2D eigenvalue weighted by atomic mass is 16.1. The second-order valence-corrected chi connectivity index (χ2v) is 3.14. The lowest BCUT2D eigenvalue weighted by atomic mass is 10.1. The minimum absolute atomic E-state index is 0.380. The molecule has 2 rings (SSSR count). The van der Waals surface area contributed by atoms with Crippen molar-refractivity contribution in [3.05, 3.63) is 35.9 Å². The van der Waals surface area contributed by atoms with Gasteiger partial charge in [0.05, 0.1) is 0 Å². The first-order chi connectivity index (χ1) is 5.92. The van der Waals surface area contributed by atoms with E-state index in [1.54, 1.807) is 0 Å². The fraction of sp³-hybridized carbons (Fsp3) is 0.300. The van der Waals surface area contributed by atoms with Crippen LogP contribution < -0.4 is 5.32 Å². The van der Waals surface area contributed by atoms with Gasteiger partial charge in [-0.2, -0.15) is 0 Å². The van der Waals surface area contributed by atoms with E-state index in [1.807, 2.05) is 18.2 Å². The number of hydrogen-bond acceptors (Lipinski definition) is 1. The van der Waals surface area contributed by atoms with E-state index in [9.17, 15) is 4.79 Å². The summed E-state index contributed by atoms with van der Waals surface area (Å²) in [5, 5.41) is 2.79. The number of amides is 1. The summed E-state index contributed by atoms with van der Waals surface area (Å²) in [6.07, 6.45) is 1.87. The van der Waals surface area contributed by atoms with Gasteiger partial charge < -0.3 is 5.32 Å². The van der Waals surface area contributed by atoms with Crippen LogP contribution in [0, 0.1) is 0 Å². The molecule has 2 heteroatoms. The van der Waals surface area contributed by atoms with E-state index in [2.05, 4.69) is 17.4 Å². The summed E-state index contributed by atoms with van der Waals surface area (Å²) in [5.41, 5.74) is 1.33. The molecular formula is C10H11NO. The number of benzene rings is 1. The highest BCUT2D eigenvalue weighted by Crippen LogP contribution is 2.40. The molecule has 0 radical (unpaired) electrons. The van der Waals surface area contributed by atoms with Gasteiger partial charge in [-0.15, -0.1) is 0 Å². The summed E-state index contributed by atoms with van der Waals surface area (Å²) in [5.74, 6) is 0.552. The lowest BCUT2D eigenvalue weighted by Gasteiger charge is -1.97. The van der Waals surface area contributed by atoms with Crippen molar-refractivity contribution in [3.8, 4) is 0 Å². The van der Waals surface area contributed by atoms with Crippen molar-refractivity contribution < 1.29 is 4.79 Å². The number of hydrogen-bond donors (Lipinski definition) is 1. The average molecular weight is 161 g/mol. The van der Waals surface area contributed by atoms with Crippen LogP contribution in [0.3, 0.4) is 0 Å². The van der Waals surface area contributed by atoms with Gasteiger partial charge in [-0.1, -0.05) is 30.3 Å². The maximum absolute atomic E-state index is 10.1. The molecule has 0 aliphatic heterocycles. The number of nitrogens with one attached hydrogen (secondary N) is 1. The Bertz CT molecular complexity index is 270. The number of carbonyl (C=O) groups excluding carboxylic acids is 1. The minimum Gasteiger partial charge on any atom is -0.355 e. The molecule has 1 aliphatic carbocycles. The Labute approximate surface area is 71.6 Å². The van der Waals surface area contributed by atoms with Crippen LogP contribution in [0.25, 0.3) is 0 Å². The lowest BCUT2D eigenvalue weighted by molar-refractivity contribution is -0.109. The van der Waals surface area contributed by atoms with Gasteiger partial charge in [0, 0.05) is 12.0 Å². The van der Waals surface area contributed by atoms with E-state index < -0.39 is 0 Å². The molecule has 0 aromatic heterocycles. The lowest BCUT2D eigenvalue weighted by Crippen LogP contribution is -2.14. The first-order valence-corrected chi connectivity index (χ1v) is 4.16. The third kappa shape index (κ3) is 1.33. The zero-order valence-corrected chi connectivity index (χ0v) is 6.73. The molecule has 1 fully saturated rings. The summed E-state index contributed by atoms with van der Waals surface area (Å²) >= 11 is 0. The zero-order chi connectivity index (χ0) is 8.39. The maximum atomic E-state index is 10.1. The normalized spacial score (nSPS) is 26.3. The summed E-state index contributed by atoms with van der Waals surface area (Å²) in [4.78, 5) is 10.1. The van der Waals surface area contributed by atoms with E-state index in [1.165, 1.54) is 5.56 Å². The summed E-state index contributed by atoms with van der Waals surface area (Å²) in [6, 6.07) is 10.7. The SMILES string of the molecule is O=CNC1C[C@@H]1c1ccccc1. The minimum atomic E-state index is 0.380. The summed E-state index contributed by atoms with van der Waals surface area (Å²) in [7, 11) is 0. The second kappa shape index (κ2) is 2.97. The highest BCUT2D eigenvalue weighted by molar-refractivity contribution is 5.49. The number of carbonyl (C=O) groups is 1. The standard InChI is InChI=1S/C10H11NO/c12-7-11-10-6-9(10)8-4-2-1-3-5-8/h1-5,7,9-10H,6H2,(H,11,12)/t9-,10?/m1/s1. The second-order valence-electron chi connectivity index (χ2n) is 3.14. The quantitative estimate of drug-likeness (QED) is 0.665. The monoisotopic (exact) mass is 161 g/mol. The molecule has 12 heavy (non-hydrogen) atoms. The van der Waals surface area contributed by atoms with Crippen LogP contribution in [0.5, 0.6) is 0 Å². The Kier molecular flexibility index (Phi) is 1.82. The Hall–Kier alpha value is -1.31. The Morgan fingerprint density at radius 2 is 2.08 bits per heavy atom. The fourth-order valence-electron chi connectivity index (χ4n) is 1.54. The first-order valence-electron chi connectivity index (χ1n) is 4.16. The molecule has 0 bridgehead atoms. The third-order valence-electron chi connectivity index (χ3n) is 2.30. The smallest absolute Gasteiger partial charge is 0.207 e. The molecule has 0 heterocycles. The van der Waals surface area contributed by atoms with Crippen molar-refractivity contribution in [3.63, 3.8) is 0 Å². The largest absolute Gasteiger partial charge is 0.355 e. The van der Waals surface area contributed by atoms with Gasteiger partial charge in [-0.25, -0.2) is 0 Å². The van der Waals surface area contributed by atoms with Crippen molar-refractivity contribution in [2.75, 3.05) is 0 Å². The van der Waals surface area contributed by atoms with Gasteiger partial charge in [0.15, 0.2) is 0 Å². The molecule has 1 amide bonds. The van der Waals surface area contributed by atoms with Crippen molar-refractivity contribution >= 4 is 6.41 Å². The average Bonchev–Trinajstić information content (AvgIpc) is 2.87. The van der Waals surface area contributed by atoms with Crippen molar-refractivity contribution in [1.82, 2.24) is 5.32 Å². The molecule has 62 valence electrons. The number of rotatable bonds is 3. The molecule has 0 spiro atoms. The van der Waals surface area contributed by atoms with Crippen LogP contribution in [0.1, 0.15) is 17.9 Å². The Morgan fingerprint density at radius 3 is 2.75 bits per heavy atom. The molecule has 1 aliphatic rings. The van der Waals surface area contributed by atoms with Crippen LogP contribution in [-0.4, -0.2) is 12.5 Å². The Morgan fingerprint density at radius 1 is 1.33 bits per heavy atom. The van der Waals surface area contributed by atoms with E-state index in [-0.39, 0.29) is 0 Å². The van der Waals surface area contributed by atoms with Crippen LogP contribution in [-0.2, 0) is 4.79 Å². The van der Waals surface area contributed by atoms with E-state index in [4.69, 9.17) is 0 Å². The van der Waals surface area contributed by atoms with Crippen LogP contribution in [0.15, 0.2) is 30.3 Å². The van der Waals surface area contributed by atoms with Gasteiger partial charge in [0.1, 0.15) is 0 Å². The maximum Gasteiger partial charge on any atom is 0.207 e. The van der Waals surface area contributed by atoms with Crippen LogP contribution in [0.4, 0.5) is 0 Å². The molecule has 2 nitrogen and oxygen atoms in total. The van der Waals surface area contributed by atoms with E-state index in [0.717, 1.165) is 12.8 Å². The van der Waals surface area contributed by atoms with E-state index >= 15 is 0 Å². The molecular weight excluding hydrogens is 150 g/mol. The van der Waals surface area contributed by atoms with E-state index in [0.29, 0.717) is 12.0 Å². The van der Waals surface area contributed by atoms with Crippen LogP contribution >= 0.6 is 0 Å². The molecule has 1 unspecified atom stereocenters. The van der Waals surface area contributed by atoms with Gasteiger partial charge in [0.2, 0.25) is 6.41 Å². The summed E-state index contributed by atoms with van der Waals surface area (Å²) < 4.78 is 0. The zero-order valence-electron chi connectivity index (χ0n) is 6.73. The predicted molar refractivity (Wildman–Crippen MR) is 46.8 cm³/mol. The van der Waals surface area contributed by atoms with Crippen molar-refractivity contribution in [1.29, 1.82) is 0 Å². The molecule has 1 N–H and O–H groups in total. The third-order valence-corrected chi connectivity index (χ3v) is 2.30. The highest BCUT2D eigenvalue weighted by Gasteiger charge is 2.37. The molecule has 2 atom stereocenters. The predicted octanol–water partition coefficient (Wildman–Crippen LogP) is 1.29. The van der Waals surface area contributed by atoms with Gasteiger partial charge >= 0.3 is 0 Å². The fourth-order valence-corrected chi connectivity index (χ4v) is 1.54. The van der Waals surface area contributed by atoms with Crippen molar-refractivity contribution in [2.24, 2.45) is 0 Å². The Balaban J connectivity index is 2.01. The molecule has 0 saturated heterocycles. The van der Waals surface area contributed by atoms with Crippen molar-refractivity contribution in [2.45, 2.75) is 18.4 Å². The van der Waals surface area contributed by atoms with Gasteiger partial charge in [-0.3, -0.25) is 4.79 Å². The van der Waals surface area contributed by atoms with Gasteiger partial charge in [-0.05, 0) is 12.0 Å². The molecule has 1 aromatic carbocycles. The van der Waals surface area contributed by atoms with Gasteiger partial charge in [0.25, 0.3) is 0 Å². The summed E-state index contributed by atoms with van der Waals surface area (Å²) in [6.45, 7) is 0. The molecule has 1 saturated carbocycles. The molecule has 1 aromatic rings. The topological polar surface area (TPSA) is 29.1 Å². The first kappa shape index (κ1) is 7.35.